The predicted octanol–water partition coefficient (Wildman–Crippen LogP) is 2.31. The van der Waals surface area contributed by atoms with Crippen LogP contribution in [0.2, 0.25) is 32.7 Å². The molecular formula is C11H27O3Si2. The molecular weight excluding hydrogens is 236 g/mol. The minimum absolute atomic E-state index is 0.194. The summed E-state index contributed by atoms with van der Waals surface area (Å²) >= 11 is 0. The Kier molecular flexibility index (Phi) is 6.43. The Hall–Kier alpha value is 0.314. The molecule has 0 amide bonds. The molecule has 0 saturated carbocycles. The first-order valence-corrected chi connectivity index (χ1v) is 12.3. The third-order valence-electron chi connectivity index (χ3n) is 2.43. The summed E-state index contributed by atoms with van der Waals surface area (Å²) in [4.78, 5) is 0. The molecule has 16 heavy (non-hydrogen) atoms. The molecule has 0 aliphatic heterocycles. The molecule has 0 aromatic heterocycles. The second-order valence-corrected chi connectivity index (χ2v) is 14.4. The Balaban J connectivity index is 4.74. The Morgan fingerprint density at radius 2 is 1.69 bits per heavy atom. The van der Waals surface area contributed by atoms with Gasteiger partial charge in [0.25, 0.3) is 0 Å². The van der Waals surface area contributed by atoms with E-state index in [0.717, 1.165) is 18.4 Å². The summed E-state index contributed by atoms with van der Waals surface area (Å²) < 4.78 is 6.23. The van der Waals surface area contributed by atoms with Crippen molar-refractivity contribution in [2.75, 3.05) is 6.61 Å². The summed E-state index contributed by atoms with van der Waals surface area (Å²) in [6.45, 7) is 12.6. The molecule has 2 N–H and O–H groups in total. The van der Waals surface area contributed by atoms with E-state index in [2.05, 4.69) is 39.7 Å². The van der Waals surface area contributed by atoms with Crippen LogP contribution in [0.15, 0.2) is 0 Å². The van der Waals surface area contributed by atoms with Crippen LogP contribution in [0.25, 0.3) is 0 Å². The van der Waals surface area contributed by atoms with Gasteiger partial charge in [-0.25, -0.2) is 0 Å². The van der Waals surface area contributed by atoms with Crippen LogP contribution in [0.4, 0.5) is 0 Å². The van der Waals surface area contributed by atoms with Crippen LogP contribution in [-0.2, 0) is 4.12 Å². The molecule has 0 fully saturated rings. The van der Waals surface area contributed by atoms with Gasteiger partial charge in [-0.1, -0.05) is 13.3 Å². The average Bonchev–Trinajstić information content (AvgIpc) is 2.08. The summed E-state index contributed by atoms with van der Waals surface area (Å²) in [5, 5.41) is 19.0. The van der Waals surface area contributed by atoms with Gasteiger partial charge in [-0.05, 0) is 39.2 Å². The molecule has 0 heterocycles. The van der Waals surface area contributed by atoms with E-state index in [4.69, 9.17) is 9.22 Å². The van der Waals surface area contributed by atoms with Gasteiger partial charge in [0, 0.05) is 5.54 Å². The van der Waals surface area contributed by atoms with E-state index in [9.17, 15) is 5.11 Å². The lowest BCUT2D eigenvalue weighted by molar-refractivity contribution is 0.107. The zero-order valence-corrected chi connectivity index (χ0v) is 13.5. The largest absolute Gasteiger partial charge is 0.455 e. The third kappa shape index (κ3) is 5.59. The Labute approximate surface area is 102 Å². The fraction of sp³-hybridized carbons (Fsp3) is 0.909. The van der Waals surface area contributed by atoms with E-state index >= 15 is 0 Å². The molecule has 1 atom stereocenters. The maximum Gasteiger partial charge on any atom is 0.182 e. The summed E-state index contributed by atoms with van der Waals surface area (Å²) in [5.41, 5.74) is 1.04. The van der Waals surface area contributed by atoms with Crippen LogP contribution < -0.4 is 0 Å². The standard InChI is InChI=1S/C11H27O3Si2/c1-7-8-11(10(13)9-12)16(5,6)14-15(2,3)4/h10,12-13H,7-9H2,1-6H3. The van der Waals surface area contributed by atoms with Gasteiger partial charge in [-0.15, -0.1) is 0 Å². The van der Waals surface area contributed by atoms with Crippen molar-refractivity contribution >= 4 is 16.6 Å². The quantitative estimate of drug-likeness (QED) is 0.693. The Bertz CT molecular complexity index is 202. The Morgan fingerprint density at radius 3 is 2.00 bits per heavy atom. The summed E-state index contributed by atoms with van der Waals surface area (Å²) in [5.74, 6) is 0. The van der Waals surface area contributed by atoms with Crippen LogP contribution in [0, 0.1) is 5.54 Å². The molecule has 1 unspecified atom stereocenters. The molecule has 1 radical (unpaired) electrons. The van der Waals surface area contributed by atoms with E-state index in [1.807, 2.05) is 0 Å². The first-order valence-electron chi connectivity index (χ1n) is 5.99. The summed E-state index contributed by atoms with van der Waals surface area (Å²) in [6.07, 6.45) is 1.13. The molecule has 3 nitrogen and oxygen atoms in total. The minimum Gasteiger partial charge on any atom is -0.455 e. The summed E-state index contributed by atoms with van der Waals surface area (Å²) in [6, 6.07) is 0. The fourth-order valence-corrected chi connectivity index (χ4v) is 10.5. The average molecular weight is 264 g/mol. The van der Waals surface area contributed by atoms with E-state index in [-0.39, 0.29) is 6.61 Å². The zero-order valence-electron chi connectivity index (χ0n) is 11.5. The number of aliphatic hydroxyl groups is 2. The van der Waals surface area contributed by atoms with E-state index < -0.39 is 22.7 Å². The van der Waals surface area contributed by atoms with Gasteiger partial charge in [0.1, 0.15) is 0 Å². The van der Waals surface area contributed by atoms with Crippen molar-refractivity contribution in [3.05, 3.63) is 5.54 Å². The smallest absolute Gasteiger partial charge is 0.182 e. The molecule has 5 heteroatoms. The number of rotatable bonds is 7. The molecule has 0 bridgehead atoms. The third-order valence-corrected chi connectivity index (χ3v) is 9.05. The lowest BCUT2D eigenvalue weighted by atomic mass is 10.1. The minimum atomic E-state index is -2.00. The van der Waals surface area contributed by atoms with Crippen molar-refractivity contribution in [3.8, 4) is 0 Å². The van der Waals surface area contributed by atoms with Crippen LogP contribution in [0.3, 0.4) is 0 Å². The van der Waals surface area contributed by atoms with Gasteiger partial charge < -0.3 is 14.3 Å². The normalized spacial score (nSPS) is 15.6. The van der Waals surface area contributed by atoms with Gasteiger partial charge in [0.05, 0.1) is 12.7 Å². The molecule has 0 aromatic carbocycles. The van der Waals surface area contributed by atoms with Gasteiger partial charge in [0.15, 0.2) is 16.6 Å². The van der Waals surface area contributed by atoms with Gasteiger partial charge in [-0.2, -0.15) is 0 Å². The maximum atomic E-state index is 9.86. The fourth-order valence-electron chi connectivity index (χ4n) is 2.08. The first-order chi connectivity index (χ1) is 7.14. The SMILES string of the molecule is CCC[C](C(O)CO)[Si](C)(C)O[Si](C)(C)C. The van der Waals surface area contributed by atoms with E-state index in [1.54, 1.807) is 0 Å². The zero-order chi connectivity index (χ0) is 13.0. The molecule has 0 saturated heterocycles. The van der Waals surface area contributed by atoms with Gasteiger partial charge >= 0.3 is 0 Å². The Morgan fingerprint density at radius 1 is 1.19 bits per heavy atom. The van der Waals surface area contributed by atoms with Crippen molar-refractivity contribution < 1.29 is 14.3 Å². The van der Waals surface area contributed by atoms with E-state index in [0.29, 0.717) is 0 Å². The lowest BCUT2D eigenvalue weighted by Crippen LogP contribution is -2.51. The molecule has 0 spiro atoms. The predicted molar refractivity (Wildman–Crippen MR) is 73.2 cm³/mol. The number of hydrogen-bond acceptors (Lipinski definition) is 3. The monoisotopic (exact) mass is 263 g/mol. The van der Waals surface area contributed by atoms with Gasteiger partial charge in [0.2, 0.25) is 0 Å². The number of hydrogen-bond donors (Lipinski definition) is 2. The highest BCUT2D eigenvalue weighted by Gasteiger charge is 2.40. The summed E-state index contributed by atoms with van der Waals surface area (Å²) in [7, 11) is -3.60. The molecule has 0 aliphatic rings. The molecule has 0 rings (SSSR count). The molecule has 97 valence electrons. The molecule has 0 aliphatic carbocycles. The highest BCUT2D eigenvalue weighted by molar-refractivity contribution is 6.87. The second kappa shape index (κ2) is 6.30. The van der Waals surface area contributed by atoms with Crippen molar-refractivity contribution in [1.82, 2.24) is 0 Å². The first kappa shape index (κ1) is 16.3. The van der Waals surface area contributed by atoms with Crippen LogP contribution in [0.1, 0.15) is 19.8 Å². The van der Waals surface area contributed by atoms with Crippen LogP contribution in [-0.4, -0.2) is 39.6 Å². The van der Waals surface area contributed by atoms with Crippen molar-refractivity contribution in [2.45, 2.75) is 58.6 Å². The highest BCUT2D eigenvalue weighted by atomic mass is 28.4. The van der Waals surface area contributed by atoms with Gasteiger partial charge in [-0.3, -0.25) is 0 Å². The highest BCUT2D eigenvalue weighted by Crippen LogP contribution is 2.30. The van der Waals surface area contributed by atoms with Crippen LogP contribution >= 0.6 is 0 Å². The van der Waals surface area contributed by atoms with Crippen LogP contribution in [0.5, 0.6) is 0 Å². The van der Waals surface area contributed by atoms with Crippen molar-refractivity contribution in [3.63, 3.8) is 0 Å². The topological polar surface area (TPSA) is 49.7 Å². The number of aliphatic hydroxyl groups excluding tert-OH is 2. The van der Waals surface area contributed by atoms with E-state index in [1.165, 1.54) is 0 Å². The van der Waals surface area contributed by atoms with Crippen molar-refractivity contribution in [2.24, 2.45) is 0 Å². The lowest BCUT2D eigenvalue weighted by Gasteiger charge is -2.39. The second-order valence-electron chi connectivity index (χ2n) is 5.70. The van der Waals surface area contributed by atoms with Crippen molar-refractivity contribution in [1.29, 1.82) is 0 Å². The maximum absolute atomic E-state index is 9.86. The molecule has 0 aromatic rings.